The average Bonchev–Trinajstić information content (AvgIpc) is 2.48. The average molecular weight is 290 g/mol. The number of carbonyl (C=O) groups is 1. The summed E-state index contributed by atoms with van der Waals surface area (Å²) in [6, 6.07) is 0. The predicted octanol–water partition coefficient (Wildman–Crippen LogP) is -3.05. The van der Waals surface area contributed by atoms with Gasteiger partial charge in [-0.05, 0) is 6.54 Å². The Labute approximate surface area is 117 Å². The van der Waals surface area contributed by atoms with Crippen LogP contribution in [0.15, 0.2) is 0 Å². The second-order valence-corrected chi connectivity index (χ2v) is 5.18. The molecule has 0 saturated carbocycles. The molecule has 2 fully saturated rings. The number of aliphatic hydroxyl groups excluding tert-OH is 4. The Hall–Kier alpha value is -0.770. The summed E-state index contributed by atoms with van der Waals surface area (Å²) in [5.74, 6) is -0.474. The van der Waals surface area contributed by atoms with E-state index in [-0.39, 0.29) is 0 Å². The molecule has 1 unspecified atom stereocenters. The molecule has 2 aliphatic rings. The van der Waals surface area contributed by atoms with Gasteiger partial charge in [-0.15, -0.1) is 0 Å². The molecule has 1 amide bonds. The van der Waals surface area contributed by atoms with Gasteiger partial charge in [-0.3, -0.25) is 4.79 Å². The van der Waals surface area contributed by atoms with Crippen LogP contribution in [0.3, 0.4) is 0 Å². The van der Waals surface area contributed by atoms with Gasteiger partial charge in [0.2, 0.25) is 0 Å². The summed E-state index contributed by atoms with van der Waals surface area (Å²) in [5.41, 5.74) is 0. The molecule has 116 valence electrons. The number of aliphatic hydroxyl groups is 4. The molecule has 2 rings (SSSR count). The highest BCUT2D eigenvalue weighted by atomic mass is 16.6. The zero-order chi connectivity index (χ0) is 14.9. The third-order valence-electron chi connectivity index (χ3n) is 3.96. The summed E-state index contributed by atoms with van der Waals surface area (Å²) >= 11 is 0. The normalized spacial score (nSPS) is 39.9. The highest BCUT2D eigenvalue weighted by Crippen LogP contribution is 2.21. The van der Waals surface area contributed by atoms with Crippen molar-refractivity contribution in [3.8, 4) is 0 Å². The van der Waals surface area contributed by atoms with Gasteiger partial charge in [0.15, 0.2) is 12.4 Å². The smallest absolute Gasteiger partial charge is 0.254 e. The molecule has 5 atom stereocenters. The van der Waals surface area contributed by atoms with E-state index in [1.54, 1.807) is 0 Å². The highest BCUT2D eigenvalue weighted by molar-refractivity contribution is 5.82. The maximum Gasteiger partial charge on any atom is 0.254 e. The van der Waals surface area contributed by atoms with Crippen molar-refractivity contribution in [2.24, 2.45) is 0 Å². The number of hydrogen-bond acceptors (Lipinski definition) is 7. The minimum Gasteiger partial charge on any atom is -0.387 e. The Morgan fingerprint density at radius 3 is 2.20 bits per heavy atom. The Balaban J connectivity index is 1.98. The van der Waals surface area contributed by atoms with Crippen LogP contribution in [0.2, 0.25) is 0 Å². The molecule has 4 N–H and O–H groups in total. The molecule has 2 aliphatic heterocycles. The number of amides is 1. The lowest BCUT2D eigenvalue weighted by Crippen LogP contribution is -2.63. The lowest BCUT2D eigenvalue weighted by atomic mass is 9.98. The molecule has 2 heterocycles. The van der Waals surface area contributed by atoms with E-state index in [4.69, 9.17) is 4.74 Å². The third-order valence-corrected chi connectivity index (χ3v) is 3.96. The van der Waals surface area contributed by atoms with Crippen molar-refractivity contribution < 1.29 is 30.0 Å². The third kappa shape index (κ3) is 2.95. The Morgan fingerprint density at radius 2 is 1.65 bits per heavy atom. The molecular weight excluding hydrogens is 268 g/mol. The van der Waals surface area contributed by atoms with Gasteiger partial charge in [0.25, 0.3) is 5.91 Å². The van der Waals surface area contributed by atoms with Crippen molar-refractivity contribution in [1.29, 1.82) is 0 Å². The number of carbonyl (C=O) groups excluding carboxylic acids is 1. The van der Waals surface area contributed by atoms with Crippen molar-refractivity contribution in [3.05, 3.63) is 0 Å². The second kappa shape index (κ2) is 6.33. The van der Waals surface area contributed by atoms with Crippen LogP contribution in [-0.4, -0.2) is 99.6 Å². The number of hydrogen-bond donors (Lipinski definition) is 4. The quantitative estimate of drug-likeness (QED) is 0.427. The number of nitrogens with zero attached hydrogens (tertiary/aromatic N) is 2. The van der Waals surface area contributed by atoms with Gasteiger partial charge in [-0.1, -0.05) is 6.92 Å². The van der Waals surface area contributed by atoms with Gasteiger partial charge >= 0.3 is 0 Å². The fourth-order valence-corrected chi connectivity index (χ4v) is 2.53. The lowest BCUT2D eigenvalue weighted by Gasteiger charge is -2.41. The first kappa shape index (κ1) is 15.6. The van der Waals surface area contributed by atoms with Crippen LogP contribution < -0.4 is 0 Å². The van der Waals surface area contributed by atoms with Gasteiger partial charge in [0, 0.05) is 26.2 Å². The summed E-state index contributed by atoms with van der Waals surface area (Å²) in [6.07, 6.45) is -7.81. The highest BCUT2D eigenvalue weighted by Gasteiger charge is 2.47. The Bertz CT molecular complexity index is 347. The van der Waals surface area contributed by atoms with Crippen LogP contribution in [0.1, 0.15) is 6.92 Å². The lowest BCUT2D eigenvalue weighted by molar-refractivity contribution is -0.278. The monoisotopic (exact) mass is 290 g/mol. The van der Waals surface area contributed by atoms with Gasteiger partial charge < -0.3 is 35.0 Å². The predicted molar refractivity (Wildman–Crippen MR) is 67.6 cm³/mol. The minimum atomic E-state index is -1.68. The van der Waals surface area contributed by atoms with Gasteiger partial charge in [0.05, 0.1) is 0 Å². The zero-order valence-corrected chi connectivity index (χ0v) is 11.4. The summed E-state index contributed by atoms with van der Waals surface area (Å²) in [7, 11) is 0. The van der Waals surface area contributed by atoms with Gasteiger partial charge in [0.1, 0.15) is 18.3 Å². The molecule has 0 bridgehead atoms. The number of likely N-dealkylation sites (N-methyl/N-ethyl adjacent to an activating group) is 1. The second-order valence-electron chi connectivity index (χ2n) is 5.18. The van der Waals surface area contributed by atoms with E-state index in [0.717, 1.165) is 19.6 Å². The molecule has 8 heteroatoms. The number of piperazine rings is 1. The summed E-state index contributed by atoms with van der Waals surface area (Å²) in [5, 5.41) is 38.2. The molecule has 0 aliphatic carbocycles. The first-order chi connectivity index (χ1) is 9.45. The Kier molecular flexibility index (Phi) is 4.95. The standard InChI is InChI=1S/C12H22N2O6/c1-2-13-3-5-14(6-4-13)11(18)10-8(16)7(15)9(17)12(19)20-10/h7-10,12,15-17,19H,2-6H2,1H3/t7-,8-,9+,10-,12?/m0/s1. The molecule has 20 heavy (non-hydrogen) atoms. The van der Waals surface area contributed by atoms with Crippen LogP contribution in [0, 0.1) is 0 Å². The molecule has 0 radical (unpaired) electrons. The maximum absolute atomic E-state index is 12.3. The number of ether oxygens (including phenoxy) is 1. The van der Waals surface area contributed by atoms with Gasteiger partial charge in [-0.2, -0.15) is 0 Å². The van der Waals surface area contributed by atoms with Crippen LogP contribution >= 0.6 is 0 Å². The van der Waals surface area contributed by atoms with E-state index in [1.807, 2.05) is 6.92 Å². The van der Waals surface area contributed by atoms with Crippen LogP contribution in [-0.2, 0) is 9.53 Å². The maximum atomic E-state index is 12.3. The first-order valence-corrected chi connectivity index (χ1v) is 6.84. The van der Waals surface area contributed by atoms with Crippen LogP contribution in [0.5, 0.6) is 0 Å². The SMILES string of the molecule is CCN1CCN(C(=O)[C@H]2OC(O)[C@H](O)[C@@H](O)[C@@H]2O)CC1. The van der Waals surface area contributed by atoms with E-state index < -0.39 is 36.6 Å². The fourth-order valence-electron chi connectivity index (χ4n) is 2.53. The van der Waals surface area contributed by atoms with E-state index in [2.05, 4.69) is 4.90 Å². The van der Waals surface area contributed by atoms with Crippen molar-refractivity contribution in [2.75, 3.05) is 32.7 Å². The summed E-state index contributed by atoms with van der Waals surface area (Å²) in [4.78, 5) is 16.0. The summed E-state index contributed by atoms with van der Waals surface area (Å²) < 4.78 is 4.94. The largest absolute Gasteiger partial charge is 0.387 e. The first-order valence-electron chi connectivity index (χ1n) is 6.84. The Morgan fingerprint density at radius 1 is 1.05 bits per heavy atom. The van der Waals surface area contributed by atoms with Crippen LogP contribution in [0.4, 0.5) is 0 Å². The van der Waals surface area contributed by atoms with E-state index in [9.17, 15) is 25.2 Å². The fraction of sp³-hybridized carbons (Fsp3) is 0.917. The zero-order valence-electron chi connectivity index (χ0n) is 11.4. The van der Waals surface area contributed by atoms with Gasteiger partial charge in [-0.25, -0.2) is 0 Å². The van der Waals surface area contributed by atoms with E-state index in [1.165, 1.54) is 4.90 Å². The molecule has 0 aromatic rings. The van der Waals surface area contributed by atoms with Crippen molar-refractivity contribution in [3.63, 3.8) is 0 Å². The number of rotatable bonds is 2. The molecule has 0 spiro atoms. The van der Waals surface area contributed by atoms with E-state index >= 15 is 0 Å². The molecule has 0 aromatic carbocycles. The summed E-state index contributed by atoms with van der Waals surface area (Å²) in [6.45, 7) is 5.44. The topological polar surface area (TPSA) is 114 Å². The molecule has 8 nitrogen and oxygen atoms in total. The van der Waals surface area contributed by atoms with Crippen molar-refractivity contribution >= 4 is 5.91 Å². The molecular formula is C12H22N2O6. The van der Waals surface area contributed by atoms with Crippen LogP contribution in [0.25, 0.3) is 0 Å². The molecule has 0 aromatic heterocycles. The minimum absolute atomic E-state index is 0.474. The molecule has 2 saturated heterocycles. The van der Waals surface area contributed by atoms with E-state index in [0.29, 0.717) is 13.1 Å². The van der Waals surface area contributed by atoms with Crippen molar-refractivity contribution in [1.82, 2.24) is 9.80 Å². The van der Waals surface area contributed by atoms with Crippen molar-refractivity contribution in [2.45, 2.75) is 37.6 Å².